The number of hydrogen-bond donors (Lipinski definition) is 0. The average Bonchev–Trinajstić information content (AvgIpc) is 1.64. The Labute approximate surface area is 587 Å². The summed E-state index contributed by atoms with van der Waals surface area (Å²) in [6.45, 7) is 79.9. The van der Waals surface area contributed by atoms with Crippen molar-refractivity contribution in [2.45, 2.75) is 480 Å². The molecule has 558 valence electrons. The van der Waals surface area contributed by atoms with E-state index in [1.165, 1.54) is 218 Å². The SMILES string of the molecule is CC(C)CC(C)C.CC1(C)CCC1.CC1CC(C)C1.CC1CC1(C)C.CC1CCCC1.CC1CC[C@H]1C.CCC1CCC1.CCCC(C)(C)C.CCCCC(C)C.CCCCC(C)C.CCCCCCC.CCC[C@H](C)CC.CC[C@H](C)C(C)C.C[C@H]1CC12CC2. The smallest absolute Gasteiger partial charge is 0.0268 e. The Morgan fingerprint density at radius 1 is 0.396 bits per heavy atom. The molecule has 0 N–H and O–H groups in total. The Morgan fingerprint density at radius 2 is 0.780 bits per heavy atom. The lowest BCUT2D eigenvalue weighted by Crippen LogP contribution is -2.20. The predicted octanol–water partition coefficient (Wildman–Crippen LogP) is 34.2. The summed E-state index contributed by atoms with van der Waals surface area (Å²) in [5.74, 6) is 14.7. The zero-order valence-corrected chi connectivity index (χ0v) is 71.8. The molecule has 0 aliphatic heterocycles. The molecule has 0 heteroatoms. The van der Waals surface area contributed by atoms with Gasteiger partial charge in [-0.15, -0.1) is 0 Å². The Balaban J connectivity index is -0.000000214. The summed E-state index contributed by atoms with van der Waals surface area (Å²) in [6.07, 6.45) is 52.9. The van der Waals surface area contributed by atoms with E-state index in [1.54, 1.807) is 19.3 Å². The Hall–Kier alpha value is 0. The summed E-state index contributed by atoms with van der Waals surface area (Å²) in [5, 5.41) is 0. The lowest BCUT2D eigenvalue weighted by Gasteiger charge is -2.33. The normalized spacial score (nSPS) is 23.1. The number of unbranched alkanes of at least 4 members (excludes halogenated alkanes) is 6. The summed E-state index contributed by atoms with van der Waals surface area (Å²) in [5.41, 5.74) is 2.94. The summed E-state index contributed by atoms with van der Waals surface area (Å²) in [4.78, 5) is 0. The van der Waals surface area contributed by atoms with Crippen molar-refractivity contribution in [1.82, 2.24) is 0 Å². The Morgan fingerprint density at radius 3 is 0.835 bits per heavy atom. The van der Waals surface area contributed by atoms with E-state index in [4.69, 9.17) is 0 Å². The van der Waals surface area contributed by atoms with Crippen LogP contribution < -0.4 is 0 Å². The van der Waals surface area contributed by atoms with E-state index in [9.17, 15) is 0 Å². The fourth-order valence-corrected chi connectivity index (χ4v) is 12.0. The first kappa shape index (κ1) is 102. The fourth-order valence-electron chi connectivity index (χ4n) is 12.0. The highest BCUT2D eigenvalue weighted by molar-refractivity contribution is 5.10. The van der Waals surface area contributed by atoms with Crippen LogP contribution in [0, 0.1) is 110 Å². The Bertz CT molecular complexity index is 1310. The molecule has 0 aromatic rings. The van der Waals surface area contributed by atoms with Crippen LogP contribution in [-0.2, 0) is 0 Å². The highest BCUT2D eigenvalue weighted by Crippen LogP contribution is 2.70. The second kappa shape index (κ2) is 63.4. The van der Waals surface area contributed by atoms with Gasteiger partial charge in [0.15, 0.2) is 0 Å². The minimum absolute atomic E-state index is 0.550. The number of hydrogen-bond acceptors (Lipinski definition) is 0. The first-order chi connectivity index (χ1) is 42.2. The first-order valence-corrected chi connectivity index (χ1v) is 42.2. The van der Waals surface area contributed by atoms with Crippen LogP contribution in [0.2, 0.25) is 0 Å². The molecule has 2 unspecified atom stereocenters. The van der Waals surface area contributed by atoms with Crippen molar-refractivity contribution in [1.29, 1.82) is 0 Å². The lowest BCUT2D eigenvalue weighted by molar-refractivity contribution is 0.190. The summed E-state index contributed by atoms with van der Waals surface area (Å²) in [6, 6.07) is 0. The van der Waals surface area contributed by atoms with Gasteiger partial charge in [-0.3, -0.25) is 0 Å². The number of rotatable bonds is 19. The van der Waals surface area contributed by atoms with Gasteiger partial charge < -0.3 is 0 Å². The van der Waals surface area contributed by atoms with Crippen LogP contribution in [0.4, 0.5) is 0 Å². The molecule has 8 fully saturated rings. The third kappa shape index (κ3) is 78.9. The molecule has 6 atom stereocenters. The molecule has 1 spiro atoms. The molecule has 8 aliphatic carbocycles. The molecular formula is C91H194. The van der Waals surface area contributed by atoms with Gasteiger partial charge in [-0.25, -0.2) is 0 Å². The van der Waals surface area contributed by atoms with Gasteiger partial charge in [-0.2, -0.15) is 0 Å². The molecule has 0 radical (unpaired) electrons. The van der Waals surface area contributed by atoms with Crippen molar-refractivity contribution in [3.05, 3.63) is 0 Å². The van der Waals surface area contributed by atoms with Gasteiger partial charge in [0.2, 0.25) is 0 Å². The summed E-state index contributed by atoms with van der Waals surface area (Å²) < 4.78 is 0. The van der Waals surface area contributed by atoms with Crippen molar-refractivity contribution in [2.75, 3.05) is 0 Å². The van der Waals surface area contributed by atoms with Crippen LogP contribution in [0.1, 0.15) is 480 Å². The zero-order chi connectivity index (χ0) is 71.8. The van der Waals surface area contributed by atoms with Crippen molar-refractivity contribution in [2.24, 2.45) is 110 Å². The summed E-state index contributed by atoms with van der Waals surface area (Å²) in [7, 11) is 0. The van der Waals surface area contributed by atoms with Gasteiger partial charge in [-0.1, -0.05) is 416 Å². The molecular weight excluding hydrogens is 1090 g/mol. The monoisotopic (exact) mass is 1290 g/mol. The summed E-state index contributed by atoms with van der Waals surface area (Å²) >= 11 is 0. The molecule has 0 aromatic carbocycles. The van der Waals surface area contributed by atoms with E-state index in [2.05, 4.69) is 242 Å². The van der Waals surface area contributed by atoms with Crippen molar-refractivity contribution >= 4 is 0 Å². The standard InChI is InChI=1S/7C7H16.C6H10.6C6H12/c1-6(2)5-7(3)4;1-5-6-7(2,3)4;1-5-7(4)6(2)3;2*1-4-5-6-7(2)3;1-4-6-7(3)5-2;1-3-5-7-6-4-2;1-5-4-6(5)2-3-6;1-5-4-6(5,2)3;1-5-3-6(2)4-5;1-6(2)4-3-5-6;1-5-3-4-6(5)2;1-6-4-2-3-5-6;1-2-6-4-3-5-6/h6-7H,5H2,1-4H3;5-6H2,1-4H3;6-7H,5H2,1-4H3;3*7H,4-6H2,1-3H3;3-7H2,1-2H3;5H,2-4H2,1H3;5H,4H2,1-3H3;5-6H,3-4H2,1-2H3;3-5H2,1-2H3;5-6H,3-4H2,1-2H3;2*6H,2-5H2,1H3/t;;7-;;;7-;;5-;;;;5-,6?;;/m..0..1.0...1../s1. The second-order valence-electron chi connectivity index (χ2n) is 37.3. The molecule has 91 heavy (non-hydrogen) atoms. The minimum Gasteiger partial charge on any atom is -0.0654 e. The first-order valence-electron chi connectivity index (χ1n) is 42.2. The Kier molecular flexibility index (Phi) is 71.1. The van der Waals surface area contributed by atoms with Crippen molar-refractivity contribution in [3.63, 3.8) is 0 Å². The highest BCUT2D eigenvalue weighted by atomic mass is 14.6. The molecule has 8 aliphatic rings. The van der Waals surface area contributed by atoms with Gasteiger partial charge in [-0.05, 0) is 175 Å². The molecule has 0 nitrogen and oxygen atoms in total. The van der Waals surface area contributed by atoms with Gasteiger partial charge >= 0.3 is 0 Å². The largest absolute Gasteiger partial charge is 0.0654 e. The highest BCUT2D eigenvalue weighted by Gasteiger charge is 2.59. The molecule has 0 saturated heterocycles. The lowest BCUT2D eigenvalue weighted by atomic mass is 9.72. The van der Waals surface area contributed by atoms with Crippen LogP contribution in [-0.4, -0.2) is 0 Å². The molecule has 8 saturated carbocycles. The predicted molar refractivity (Wildman–Crippen MR) is 432 cm³/mol. The van der Waals surface area contributed by atoms with Gasteiger partial charge in [0, 0.05) is 0 Å². The molecule has 0 bridgehead atoms. The third-order valence-electron chi connectivity index (χ3n) is 22.0. The van der Waals surface area contributed by atoms with Crippen LogP contribution >= 0.6 is 0 Å². The van der Waals surface area contributed by atoms with Crippen LogP contribution in [0.15, 0.2) is 0 Å². The van der Waals surface area contributed by atoms with Crippen molar-refractivity contribution < 1.29 is 0 Å². The van der Waals surface area contributed by atoms with E-state index in [0.717, 1.165) is 99.6 Å². The van der Waals surface area contributed by atoms with Gasteiger partial charge in [0.1, 0.15) is 0 Å². The van der Waals surface area contributed by atoms with E-state index < -0.39 is 0 Å². The van der Waals surface area contributed by atoms with E-state index in [-0.39, 0.29) is 0 Å². The van der Waals surface area contributed by atoms with E-state index >= 15 is 0 Å². The van der Waals surface area contributed by atoms with Gasteiger partial charge in [0.25, 0.3) is 0 Å². The topological polar surface area (TPSA) is 0 Å². The average molecular weight is 1290 g/mol. The van der Waals surface area contributed by atoms with Gasteiger partial charge in [0.05, 0.1) is 0 Å². The maximum Gasteiger partial charge on any atom is -0.0268 e. The van der Waals surface area contributed by atoms with Crippen LogP contribution in [0.5, 0.6) is 0 Å². The fraction of sp³-hybridized carbons (Fsp3) is 1.00. The quantitative estimate of drug-likeness (QED) is 0.113. The molecule has 0 heterocycles. The minimum atomic E-state index is 0.550. The molecule has 0 amide bonds. The van der Waals surface area contributed by atoms with Crippen molar-refractivity contribution in [3.8, 4) is 0 Å². The maximum atomic E-state index is 2.37. The molecule has 8 rings (SSSR count). The molecule has 0 aromatic heterocycles. The third-order valence-corrected chi connectivity index (χ3v) is 22.0. The maximum absolute atomic E-state index is 2.37. The van der Waals surface area contributed by atoms with E-state index in [1.807, 2.05) is 0 Å². The van der Waals surface area contributed by atoms with Crippen LogP contribution in [0.3, 0.4) is 0 Å². The van der Waals surface area contributed by atoms with Crippen LogP contribution in [0.25, 0.3) is 0 Å². The second-order valence-corrected chi connectivity index (χ2v) is 37.3. The van der Waals surface area contributed by atoms with E-state index in [0.29, 0.717) is 10.8 Å². The zero-order valence-electron chi connectivity index (χ0n) is 71.8.